The molecule has 0 bridgehead atoms. The van der Waals surface area contributed by atoms with Crippen LogP contribution in [0.5, 0.6) is 5.75 Å². The summed E-state index contributed by atoms with van der Waals surface area (Å²) in [5.41, 5.74) is 6.28. The minimum atomic E-state index is -0.804. The third kappa shape index (κ3) is 4.09. The van der Waals surface area contributed by atoms with E-state index in [1.165, 1.54) is 0 Å². The number of carbonyl (C=O) groups is 1. The van der Waals surface area contributed by atoms with Crippen LogP contribution in [0, 0.1) is 0 Å². The summed E-state index contributed by atoms with van der Waals surface area (Å²) in [6, 6.07) is 5.52. The molecule has 2 rings (SSSR count). The maximum absolute atomic E-state index is 12.2. The highest BCUT2D eigenvalue weighted by atomic mass is 35.5. The van der Waals surface area contributed by atoms with Crippen LogP contribution >= 0.6 is 11.6 Å². The second-order valence-electron chi connectivity index (χ2n) is 5.23. The van der Waals surface area contributed by atoms with Crippen molar-refractivity contribution in [3.63, 3.8) is 0 Å². The van der Waals surface area contributed by atoms with Crippen molar-refractivity contribution in [3.8, 4) is 5.75 Å². The van der Waals surface area contributed by atoms with Gasteiger partial charge in [0.15, 0.2) is 0 Å². The van der Waals surface area contributed by atoms with Crippen LogP contribution < -0.4 is 15.8 Å². The number of nitrogens with one attached hydrogen (secondary N) is 1. The van der Waals surface area contributed by atoms with Crippen LogP contribution in [0.15, 0.2) is 18.2 Å². The minimum Gasteiger partial charge on any atom is -0.497 e. The fourth-order valence-electron chi connectivity index (χ4n) is 2.31. The Labute approximate surface area is 129 Å². The maximum atomic E-state index is 12.2. The molecular weight excluding hydrogens is 292 g/mol. The minimum absolute atomic E-state index is 0.115. The Bertz CT molecular complexity index is 502. The van der Waals surface area contributed by atoms with Crippen LogP contribution in [0.1, 0.15) is 18.4 Å². The van der Waals surface area contributed by atoms with Gasteiger partial charge in [-0.1, -0.05) is 17.7 Å². The second-order valence-corrected chi connectivity index (χ2v) is 5.64. The summed E-state index contributed by atoms with van der Waals surface area (Å²) in [6.07, 6.45) is 1.77. The third-order valence-electron chi connectivity index (χ3n) is 3.78. The quantitative estimate of drug-likeness (QED) is 0.864. The first-order chi connectivity index (χ1) is 10.0. The lowest BCUT2D eigenvalue weighted by Crippen LogP contribution is -2.57. The molecule has 0 saturated carbocycles. The van der Waals surface area contributed by atoms with E-state index in [1.54, 1.807) is 13.2 Å². The molecule has 1 heterocycles. The van der Waals surface area contributed by atoms with Gasteiger partial charge in [-0.15, -0.1) is 0 Å². The molecule has 0 atom stereocenters. The lowest BCUT2D eigenvalue weighted by molar-refractivity contribution is -0.129. The zero-order chi connectivity index (χ0) is 15.3. The van der Waals surface area contributed by atoms with E-state index in [-0.39, 0.29) is 5.91 Å². The molecule has 0 aromatic heterocycles. The summed E-state index contributed by atoms with van der Waals surface area (Å²) in [7, 11) is 1.60. The SMILES string of the molecule is COc1ccc(CCNC(=O)C2(N)CCOCC2)c(Cl)c1. The predicted octanol–water partition coefficient (Wildman–Crippen LogP) is 1.52. The number of carbonyl (C=O) groups excluding carboxylic acids is 1. The smallest absolute Gasteiger partial charge is 0.240 e. The molecule has 0 radical (unpaired) electrons. The Morgan fingerprint density at radius 1 is 1.48 bits per heavy atom. The van der Waals surface area contributed by atoms with Gasteiger partial charge in [0.1, 0.15) is 5.75 Å². The normalized spacial score (nSPS) is 17.3. The van der Waals surface area contributed by atoms with Gasteiger partial charge in [0.05, 0.1) is 12.6 Å². The van der Waals surface area contributed by atoms with Crippen molar-refractivity contribution in [2.75, 3.05) is 26.9 Å². The molecule has 21 heavy (non-hydrogen) atoms. The van der Waals surface area contributed by atoms with Crippen molar-refractivity contribution in [1.29, 1.82) is 0 Å². The Balaban J connectivity index is 1.85. The maximum Gasteiger partial charge on any atom is 0.240 e. The van der Waals surface area contributed by atoms with Gasteiger partial charge in [0, 0.05) is 24.8 Å². The largest absolute Gasteiger partial charge is 0.497 e. The van der Waals surface area contributed by atoms with Crippen molar-refractivity contribution in [2.45, 2.75) is 24.8 Å². The molecular formula is C15H21ClN2O3. The summed E-state index contributed by atoms with van der Waals surface area (Å²) in [5.74, 6) is 0.603. The highest BCUT2D eigenvalue weighted by molar-refractivity contribution is 6.31. The monoisotopic (exact) mass is 312 g/mol. The molecule has 1 fully saturated rings. The Morgan fingerprint density at radius 2 is 2.19 bits per heavy atom. The van der Waals surface area contributed by atoms with Crippen molar-refractivity contribution in [2.24, 2.45) is 5.73 Å². The van der Waals surface area contributed by atoms with Gasteiger partial charge in [-0.3, -0.25) is 4.79 Å². The number of rotatable bonds is 5. The van der Waals surface area contributed by atoms with Gasteiger partial charge in [0.2, 0.25) is 5.91 Å². The average Bonchev–Trinajstić information content (AvgIpc) is 2.49. The first kappa shape index (κ1) is 16.1. The number of benzene rings is 1. The molecule has 1 aromatic carbocycles. The fraction of sp³-hybridized carbons (Fsp3) is 0.533. The number of ether oxygens (including phenoxy) is 2. The average molecular weight is 313 g/mol. The van der Waals surface area contributed by atoms with Gasteiger partial charge in [0.25, 0.3) is 0 Å². The molecule has 1 amide bonds. The zero-order valence-electron chi connectivity index (χ0n) is 12.2. The van der Waals surface area contributed by atoms with E-state index in [9.17, 15) is 4.79 Å². The Hall–Kier alpha value is -1.30. The summed E-state index contributed by atoms with van der Waals surface area (Å²) < 4.78 is 10.3. The molecule has 0 aliphatic carbocycles. The van der Waals surface area contributed by atoms with Crippen molar-refractivity contribution in [3.05, 3.63) is 28.8 Å². The molecule has 0 spiro atoms. The Morgan fingerprint density at radius 3 is 2.81 bits per heavy atom. The van der Waals surface area contributed by atoms with E-state index in [2.05, 4.69) is 5.32 Å². The van der Waals surface area contributed by atoms with E-state index in [1.807, 2.05) is 12.1 Å². The van der Waals surface area contributed by atoms with Crippen molar-refractivity contribution >= 4 is 17.5 Å². The predicted molar refractivity (Wildman–Crippen MR) is 81.7 cm³/mol. The topological polar surface area (TPSA) is 73.6 Å². The van der Waals surface area contributed by atoms with Gasteiger partial charge >= 0.3 is 0 Å². The summed E-state index contributed by atoms with van der Waals surface area (Å²) in [5, 5.41) is 3.52. The van der Waals surface area contributed by atoms with E-state index < -0.39 is 5.54 Å². The lowest BCUT2D eigenvalue weighted by atomic mass is 9.90. The Kier molecular flexibility index (Phi) is 5.45. The van der Waals surface area contributed by atoms with Crippen LogP contribution in [0.25, 0.3) is 0 Å². The number of amides is 1. The summed E-state index contributed by atoms with van der Waals surface area (Å²) in [6.45, 7) is 1.58. The highest BCUT2D eigenvalue weighted by Crippen LogP contribution is 2.22. The third-order valence-corrected chi connectivity index (χ3v) is 4.13. The molecule has 5 nitrogen and oxygen atoms in total. The summed E-state index contributed by atoms with van der Waals surface area (Å²) in [4.78, 5) is 12.2. The molecule has 1 aliphatic rings. The van der Waals surface area contributed by atoms with Gasteiger partial charge < -0.3 is 20.5 Å². The van der Waals surface area contributed by atoms with Crippen LogP contribution in [-0.2, 0) is 16.0 Å². The van der Waals surface area contributed by atoms with Crippen LogP contribution in [0.2, 0.25) is 5.02 Å². The molecule has 1 aliphatic heterocycles. The standard InChI is InChI=1S/C15H21ClN2O3/c1-20-12-3-2-11(13(16)10-12)4-7-18-14(19)15(17)5-8-21-9-6-15/h2-3,10H,4-9,17H2,1H3,(H,18,19). The van der Waals surface area contributed by atoms with E-state index >= 15 is 0 Å². The summed E-state index contributed by atoms with van der Waals surface area (Å²) >= 11 is 6.17. The number of methoxy groups -OCH3 is 1. The first-order valence-corrected chi connectivity index (χ1v) is 7.40. The number of nitrogens with two attached hydrogens (primary N) is 1. The van der Waals surface area contributed by atoms with Crippen molar-refractivity contribution < 1.29 is 14.3 Å². The molecule has 0 unspecified atom stereocenters. The molecule has 1 saturated heterocycles. The number of halogens is 1. The van der Waals surface area contributed by atoms with Gasteiger partial charge in [-0.2, -0.15) is 0 Å². The highest BCUT2D eigenvalue weighted by Gasteiger charge is 2.35. The lowest BCUT2D eigenvalue weighted by Gasteiger charge is -2.31. The number of hydrogen-bond acceptors (Lipinski definition) is 4. The van der Waals surface area contributed by atoms with E-state index in [4.69, 9.17) is 26.8 Å². The first-order valence-electron chi connectivity index (χ1n) is 7.02. The molecule has 1 aromatic rings. The van der Waals surface area contributed by atoms with Crippen molar-refractivity contribution in [1.82, 2.24) is 5.32 Å². The van der Waals surface area contributed by atoms with Gasteiger partial charge in [-0.05, 0) is 37.0 Å². The van der Waals surface area contributed by atoms with E-state index in [0.717, 1.165) is 11.3 Å². The molecule has 116 valence electrons. The van der Waals surface area contributed by atoms with Gasteiger partial charge in [-0.25, -0.2) is 0 Å². The fourth-order valence-corrected chi connectivity index (χ4v) is 2.57. The van der Waals surface area contributed by atoms with Crippen LogP contribution in [0.4, 0.5) is 0 Å². The van der Waals surface area contributed by atoms with E-state index in [0.29, 0.717) is 44.0 Å². The zero-order valence-corrected chi connectivity index (χ0v) is 12.9. The van der Waals surface area contributed by atoms with Crippen LogP contribution in [-0.4, -0.2) is 38.3 Å². The second kappa shape index (κ2) is 7.11. The molecule has 3 N–H and O–H groups in total. The van der Waals surface area contributed by atoms with Crippen LogP contribution in [0.3, 0.4) is 0 Å². The molecule has 6 heteroatoms. The number of hydrogen-bond donors (Lipinski definition) is 2.